The van der Waals surface area contributed by atoms with E-state index in [2.05, 4.69) is 48.0 Å². The highest BCUT2D eigenvalue weighted by Gasteiger charge is 2.27. The van der Waals surface area contributed by atoms with Gasteiger partial charge in [-0.15, -0.1) is 6.58 Å². The SMILES string of the molecule is C1=COc2ccccc2N=C1.C=CCc1cccc2c1=CC(S(C)(=O)=O)c1c3c(ccc1=2)=CCCC3. The summed E-state index contributed by atoms with van der Waals surface area (Å²) in [6.07, 6.45) is 16.4. The van der Waals surface area contributed by atoms with Gasteiger partial charge in [0.2, 0.25) is 0 Å². The van der Waals surface area contributed by atoms with E-state index in [1.807, 2.05) is 36.4 Å². The molecule has 1 heterocycles. The van der Waals surface area contributed by atoms with Gasteiger partial charge in [-0.05, 0) is 81.5 Å². The minimum Gasteiger partial charge on any atom is -0.463 e. The second-order valence-electron chi connectivity index (χ2n) is 9.17. The van der Waals surface area contributed by atoms with Crippen molar-refractivity contribution in [3.8, 4) is 5.75 Å². The summed E-state index contributed by atoms with van der Waals surface area (Å²) in [6.45, 7) is 3.84. The van der Waals surface area contributed by atoms with Crippen LogP contribution in [0.1, 0.15) is 34.8 Å². The van der Waals surface area contributed by atoms with Crippen LogP contribution in [0.3, 0.4) is 0 Å². The summed E-state index contributed by atoms with van der Waals surface area (Å²) in [4.78, 5) is 4.15. The van der Waals surface area contributed by atoms with Gasteiger partial charge in [0.25, 0.3) is 0 Å². The monoisotopic (exact) mass is 495 g/mol. The van der Waals surface area contributed by atoms with Crippen molar-refractivity contribution in [1.29, 1.82) is 0 Å². The van der Waals surface area contributed by atoms with Crippen LogP contribution in [0.25, 0.3) is 12.2 Å². The number of hydrogen-bond donors (Lipinski definition) is 0. The zero-order valence-corrected chi connectivity index (χ0v) is 21.2. The van der Waals surface area contributed by atoms with E-state index in [4.69, 9.17) is 4.74 Å². The molecule has 36 heavy (non-hydrogen) atoms. The summed E-state index contributed by atoms with van der Waals surface area (Å²) >= 11 is 0. The Morgan fingerprint density at radius 3 is 2.78 bits per heavy atom. The van der Waals surface area contributed by atoms with Gasteiger partial charge in [0.05, 0.1) is 6.26 Å². The maximum Gasteiger partial charge on any atom is 0.158 e. The first-order valence-electron chi connectivity index (χ1n) is 12.2. The van der Waals surface area contributed by atoms with E-state index in [1.54, 1.807) is 18.6 Å². The standard InChI is InChI=1S/C22H22O2S.C9H7NO/c1-3-7-15-9-6-11-18-19-13-12-16-8-4-5-10-17(16)22(19)21(14-20(15)18)25(2,23)24;1-2-5-9-8(4-1)10-6-3-7-11-9/h3,6,8-9,11-14,21H,1,4-5,7,10H2,2H3;1-7H. The highest BCUT2D eigenvalue weighted by Crippen LogP contribution is 2.31. The molecule has 3 aromatic rings. The average Bonchev–Trinajstić information content (AvgIpc) is 3.14. The number of allylic oxidation sites excluding steroid dienone is 2. The first-order chi connectivity index (χ1) is 17.5. The van der Waals surface area contributed by atoms with Gasteiger partial charge in [-0.3, -0.25) is 4.99 Å². The summed E-state index contributed by atoms with van der Waals surface area (Å²) in [5, 5.41) is 3.90. The Kier molecular flexibility index (Phi) is 6.75. The lowest BCUT2D eigenvalue weighted by molar-refractivity contribution is 0.485. The molecular formula is C31H29NO3S. The van der Waals surface area contributed by atoms with Crippen molar-refractivity contribution in [2.24, 2.45) is 4.99 Å². The molecule has 5 heteroatoms. The number of para-hydroxylation sites is 2. The average molecular weight is 496 g/mol. The normalized spacial score (nSPS) is 16.8. The van der Waals surface area contributed by atoms with Gasteiger partial charge in [0.1, 0.15) is 10.9 Å². The van der Waals surface area contributed by atoms with Gasteiger partial charge in [0, 0.05) is 12.5 Å². The Morgan fingerprint density at radius 2 is 1.94 bits per heavy atom. The number of hydrogen-bond acceptors (Lipinski definition) is 4. The number of benzene rings is 3. The highest BCUT2D eigenvalue weighted by atomic mass is 32.2. The van der Waals surface area contributed by atoms with Crippen molar-refractivity contribution in [1.82, 2.24) is 0 Å². The first-order valence-corrected chi connectivity index (χ1v) is 14.1. The topological polar surface area (TPSA) is 55.7 Å². The molecule has 0 amide bonds. The van der Waals surface area contributed by atoms with Crippen molar-refractivity contribution in [2.45, 2.75) is 30.9 Å². The van der Waals surface area contributed by atoms with Gasteiger partial charge in [-0.2, -0.15) is 0 Å². The van der Waals surface area contributed by atoms with E-state index in [0.717, 1.165) is 63.9 Å². The van der Waals surface area contributed by atoms with Crippen LogP contribution in [-0.4, -0.2) is 20.9 Å². The van der Waals surface area contributed by atoms with Gasteiger partial charge >= 0.3 is 0 Å². The zero-order valence-electron chi connectivity index (χ0n) is 20.4. The van der Waals surface area contributed by atoms with Crippen LogP contribution in [0.4, 0.5) is 5.69 Å². The van der Waals surface area contributed by atoms with E-state index in [-0.39, 0.29) is 0 Å². The molecule has 1 unspecified atom stereocenters. The number of aliphatic imine (C=N–C) groups is 1. The molecular weight excluding hydrogens is 466 g/mol. The van der Waals surface area contributed by atoms with Crippen molar-refractivity contribution in [3.05, 3.63) is 117 Å². The van der Waals surface area contributed by atoms with Crippen molar-refractivity contribution < 1.29 is 13.2 Å². The molecule has 0 N–H and O–H groups in total. The molecule has 2 aliphatic carbocycles. The number of ether oxygens (including phenoxy) is 1. The minimum absolute atomic E-state index is 0.567. The molecule has 0 bridgehead atoms. The van der Waals surface area contributed by atoms with Gasteiger partial charge in [-0.1, -0.05) is 60.7 Å². The third-order valence-corrected chi connectivity index (χ3v) is 8.04. The smallest absolute Gasteiger partial charge is 0.158 e. The predicted octanol–water partition coefficient (Wildman–Crippen LogP) is 4.99. The molecule has 182 valence electrons. The maximum absolute atomic E-state index is 12.7. The molecule has 3 aromatic carbocycles. The molecule has 4 nitrogen and oxygen atoms in total. The second kappa shape index (κ2) is 10.1. The molecule has 0 fully saturated rings. The summed E-state index contributed by atoms with van der Waals surface area (Å²) in [5.74, 6) is 0.803. The van der Waals surface area contributed by atoms with Crippen molar-refractivity contribution in [3.63, 3.8) is 0 Å². The molecule has 6 rings (SSSR count). The van der Waals surface area contributed by atoms with E-state index in [9.17, 15) is 8.42 Å². The Balaban J connectivity index is 0.000000202. The molecule has 0 saturated carbocycles. The predicted molar refractivity (Wildman–Crippen MR) is 148 cm³/mol. The molecule has 0 radical (unpaired) electrons. The lowest BCUT2D eigenvalue weighted by Gasteiger charge is -2.23. The minimum atomic E-state index is -3.24. The fourth-order valence-electron chi connectivity index (χ4n) is 5.13. The number of sulfone groups is 1. The zero-order chi connectivity index (χ0) is 25.1. The molecule has 0 aromatic heterocycles. The van der Waals surface area contributed by atoms with Crippen LogP contribution in [-0.2, 0) is 22.7 Å². The Morgan fingerprint density at radius 1 is 1.08 bits per heavy atom. The molecule has 1 atom stereocenters. The molecule has 0 spiro atoms. The quantitative estimate of drug-likeness (QED) is 0.481. The fourth-order valence-corrected chi connectivity index (χ4v) is 6.21. The second-order valence-corrected chi connectivity index (χ2v) is 11.3. The molecule has 1 aliphatic heterocycles. The third kappa shape index (κ3) is 4.71. The van der Waals surface area contributed by atoms with Crippen LogP contribution >= 0.6 is 0 Å². The number of rotatable bonds is 3. The summed E-state index contributed by atoms with van der Waals surface area (Å²) in [6, 6.07) is 18.2. The lowest BCUT2D eigenvalue weighted by atomic mass is 9.87. The fraction of sp³-hybridized carbons (Fsp3) is 0.194. The number of fused-ring (bicyclic) bond motifs is 5. The van der Waals surface area contributed by atoms with Gasteiger partial charge in [0.15, 0.2) is 15.6 Å². The lowest BCUT2D eigenvalue weighted by Crippen LogP contribution is -2.26. The molecule has 3 aliphatic rings. The van der Waals surface area contributed by atoms with Crippen molar-refractivity contribution >= 4 is 33.9 Å². The third-order valence-electron chi connectivity index (χ3n) is 6.74. The number of nitrogens with zero attached hydrogens (tertiary/aromatic N) is 1. The van der Waals surface area contributed by atoms with Gasteiger partial charge in [-0.25, -0.2) is 8.42 Å². The van der Waals surface area contributed by atoms with E-state index >= 15 is 0 Å². The summed E-state index contributed by atoms with van der Waals surface area (Å²) in [7, 11) is -3.24. The van der Waals surface area contributed by atoms with E-state index in [1.165, 1.54) is 17.0 Å². The van der Waals surface area contributed by atoms with Crippen LogP contribution in [0.15, 0.2) is 84.6 Å². The van der Waals surface area contributed by atoms with E-state index in [0.29, 0.717) is 0 Å². The van der Waals surface area contributed by atoms with Crippen LogP contribution in [0.5, 0.6) is 5.75 Å². The van der Waals surface area contributed by atoms with Crippen LogP contribution in [0.2, 0.25) is 0 Å². The Bertz CT molecular complexity index is 1720. The van der Waals surface area contributed by atoms with Gasteiger partial charge < -0.3 is 4.74 Å². The van der Waals surface area contributed by atoms with Crippen LogP contribution < -0.4 is 15.2 Å². The summed E-state index contributed by atoms with van der Waals surface area (Å²) < 4.78 is 30.5. The highest BCUT2D eigenvalue weighted by molar-refractivity contribution is 7.91. The largest absolute Gasteiger partial charge is 0.463 e. The summed E-state index contributed by atoms with van der Waals surface area (Å²) in [5.41, 5.74) is 4.22. The first kappa shape index (κ1) is 24.0. The Hall–Kier alpha value is -3.70. The molecule has 0 saturated heterocycles. The van der Waals surface area contributed by atoms with E-state index < -0.39 is 15.1 Å². The van der Waals surface area contributed by atoms with Crippen LogP contribution in [0, 0.1) is 10.4 Å². The van der Waals surface area contributed by atoms with Crippen molar-refractivity contribution in [2.75, 3.05) is 6.26 Å². The maximum atomic E-state index is 12.7. The Labute approximate surface area is 211 Å².